The summed E-state index contributed by atoms with van der Waals surface area (Å²) in [6.07, 6.45) is 3.74. The molecular formula is C30H25F2N3O4. The van der Waals surface area contributed by atoms with Crippen LogP contribution >= 0.6 is 0 Å². The SMILES string of the molecule is Cc1c(Oc2ccc(F)c(-c3ncc([C@]4(C)COc5c(CCC(=O)O)cccc54)[nH]3)c2)c(F)cc2[nH]ccc12. The van der Waals surface area contributed by atoms with E-state index in [0.29, 0.717) is 35.7 Å². The lowest BCUT2D eigenvalue weighted by atomic mass is 9.81. The van der Waals surface area contributed by atoms with Gasteiger partial charge in [-0.25, -0.2) is 13.8 Å². The molecule has 3 heterocycles. The molecular weight excluding hydrogens is 504 g/mol. The van der Waals surface area contributed by atoms with Gasteiger partial charge in [0.25, 0.3) is 0 Å². The van der Waals surface area contributed by atoms with Crippen LogP contribution in [0, 0.1) is 18.6 Å². The molecule has 0 fully saturated rings. The quantitative estimate of drug-likeness (QED) is 0.219. The number of para-hydroxylation sites is 1. The number of hydrogen-bond donors (Lipinski definition) is 3. The maximum Gasteiger partial charge on any atom is 0.303 e. The molecule has 198 valence electrons. The Kier molecular flexibility index (Phi) is 5.86. The molecule has 0 radical (unpaired) electrons. The predicted octanol–water partition coefficient (Wildman–Crippen LogP) is 6.65. The van der Waals surface area contributed by atoms with Gasteiger partial charge in [0.1, 0.15) is 29.7 Å². The average Bonchev–Trinajstić information content (AvgIpc) is 3.66. The van der Waals surface area contributed by atoms with E-state index < -0.39 is 23.0 Å². The lowest BCUT2D eigenvalue weighted by molar-refractivity contribution is -0.136. The average molecular weight is 530 g/mol. The summed E-state index contributed by atoms with van der Waals surface area (Å²) in [5.41, 5.74) is 3.33. The van der Waals surface area contributed by atoms with Gasteiger partial charge in [0, 0.05) is 52.6 Å². The summed E-state index contributed by atoms with van der Waals surface area (Å²) in [5.74, 6) is -0.591. The van der Waals surface area contributed by atoms with Crippen molar-refractivity contribution in [1.29, 1.82) is 0 Å². The molecule has 7 nitrogen and oxygen atoms in total. The summed E-state index contributed by atoms with van der Waals surface area (Å²) >= 11 is 0. The molecule has 0 unspecified atom stereocenters. The van der Waals surface area contributed by atoms with Crippen LogP contribution < -0.4 is 9.47 Å². The fourth-order valence-electron chi connectivity index (χ4n) is 5.20. The number of carbonyl (C=O) groups is 1. The van der Waals surface area contributed by atoms with Crippen LogP contribution in [0.15, 0.2) is 60.9 Å². The molecule has 0 saturated heterocycles. The molecule has 2 aromatic heterocycles. The van der Waals surface area contributed by atoms with Gasteiger partial charge in [-0.2, -0.15) is 0 Å². The molecule has 3 aromatic carbocycles. The summed E-state index contributed by atoms with van der Waals surface area (Å²) in [7, 11) is 0. The van der Waals surface area contributed by atoms with E-state index in [0.717, 1.165) is 22.2 Å². The van der Waals surface area contributed by atoms with E-state index in [1.807, 2.05) is 31.2 Å². The lowest BCUT2D eigenvalue weighted by Crippen LogP contribution is -2.25. The molecule has 6 rings (SSSR count). The number of rotatable bonds is 7. The van der Waals surface area contributed by atoms with Crippen molar-refractivity contribution in [2.75, 3.05) is 6.61 Å². The Morgan fingerprint density at radius 1 is 1.18 bits per heavy atom. The number of carboxylic acid groups (broad SMARTS) is 1. The van der Waals surface area contributed by atoms with E-state index in [-0.39, 0.29) is 23.5 Å². The smallest absolute Gasteiger partial charge is 0.303 e. The molecule has 9 heteroatoms. The summed E-state index contributed by atoms with van der Waals surface area (Å²) in [6, 6.07) is 13.1. The topological polar surface area (TPSA) is 100 Å². The Bertz CT molecular complexity index is 1740. The number of halogens is 2. The summed E-state index contributed by atoms with van der Waals surface area (Å²) in [5, 5.41) is 9.92. The molecule has 0 amide bonds. The highest BCUT2D eigenvalue weighted by molar-refractivity contribution is 5.85. The number of H-pyrrole nitrogens is 2. The number of aliphatic carboxylic acids is 1. The van der Waals surface area contributed by atoms with Crippen LogP contribution in [-0.2, 0) is 16.6 Å². The minimum atomic E-state index is -0.872. The number of aromatic amines is 2. The van der Waals surface area contributed by atoms with E-state index in [9.17, 15) is 13.6 Å². The fourth-order valence-corrected chi connectivity index (χ4v) is 5.20. The first kappa shape index (κ1) is 24.7. The number of carboxylic acids is 1. The zero-order chi connectivity index (χ0) is 27.3. The van der Waals surface area contributed by atoms with Crippen molar-refractivity contribution in [2.45, 2.75) is 32.1 Å². The van der Waals surface area contributed by atoms with Crippen LogP contribution in [0.5, 0.6) is 17.2 Å². The van der Waals surface area contributed by atoms with E-state index in [1.54, 1.807) is 19.3 Å². The minimum Gasteiger partial charge on any atom is -0.492 e. The Hall–Kier alpha value is -4.66. The number of nitrogens with zero attached hydrogens (tertiary/aromatic N) is 1. The van der Waals surface area contributed by atoms with Crippen LogP contribution in [0.2, 0.25) is 0 Å². The highest BCUT2D eigenvalue weighted by Crippen LogP contribution is 2.45. The number of aromatic nitrogens is 3. The molecule has 1 atom stereocenters. The van der Waals surface area contributed by atoms with E-state index in [1.165, 1.54) is 24.3 Å². The molecule has 0 aliphatic carbocycles. The molecule has 1 aliphatic rings. The van der Waals surface area contributed by atoms with Crippen molar-refractivity contribution >= 4 is 16.9 Å². The number of fused-ring (bicyclic) bond motifs is 2. The van der Waals surface area contributed by atoms with Gasteiger partial charge >= 0.3 is 5.97 Å². The maximum absolute atomic E-state index is 15.0. The number of imidazole rings is 1. The van der Waals surface area contributed by atoms with Crippen LogP contribution in [0.25, 0.3) is 22.3 Å². The third kappa shape index (κ3) is 4.20. The first-order valence-electron chi connectivity index (χ1n) is 12.5. The zero-order valence-electron chi connectivity index (χ0n) is 21.3. The van der Waals surface area contributed by atoms with Gasteiger partial charge in [-0.05, 0) is 50.1 Å². The van der Waals surface area contributed by atoms with Crippen molar-refractivity contribution in [2.24, 2.45) is 0 Å². The fraction of sp³-hybridized carbons (Fsp3) is 0.200. The maximum atomic E-state index is 15.0. The lowest BCUT2D eigenvalue weighted by Gasteiger charge is -2.21. The van der Waals surface area contributed by atoms with Gasteiger partial charge in [-0.15, -0.1) is 0 Å². The monoisotopic (exact) mass is 529 g/mol. The molecule has 0 spiro atoms. The Labute approximate surface area is 222 Å². The molecule has 39 heavy (non-hydrogen) atoms. The molecule has 5 aromatic rings. The van der Waals surface area contributed by atoms with Crippen LogP contribution in [-0.4, -0.2) is 32.6 Å². The first-order chi connectivity index (χ1) is 18.7. The van der Waals surface area contributed by atoms with Gasteiger partial charge in [0.2, 0.25) is 0 Å². The van der Waals surface area contributed by atoms with Gasteiger partial charge < -0.3 is 24.5 Å². The van der Waals surface area contributed by atoms with Gasteiger partial charge in [-0.1, -0.05) is 18.2 Å². The zero-order valence-corrected chi connectivity index (χ0v) is 21.3. The van der Waals surface area contributed by atoms with E-state index >= 15 is 0 Å². The highest BCUT2D eigenvalue weighted by atomic mass is 19.1. The molecule has 3 N–H and O–H groups in total. The number of benzene rings is 3. The number of nitrogens with one attached hydrogen (secondary N) is 2. The first-order valence-corrected chi connectivity index (χ1v) is 12.5. The third-order valence-corrected chi connectivity index (χ3v) is 7.40. The van der Waals surface area contributed by atoms with Crippen molar-refractivity contribution in [1.82, 2.24) is 15.0 Å². The standard InChI is InChI=1S/C30H25F2N3O4/c1-16-19-10-11-33-24(19)13-23(32)27(16)39-18-7-8-22(31)20(12-18)29-34-14-25(35-29)30(2)15-38-28-17(6-9-26(36)37)4-3-5-21(28)30/h3-5,7-8,10-14,33H,6,9,15H2,1-2H3,(H,34,35)(H,36,37)/t30-/m1/s1. The van der Waals surface area contributed by atoms with Gasteiger partial charge in [0.05, 0.1) is 11.0 Å². The third-order valence-electron chi connectivity index (χ3n) is 7.40. The van der Waals surface area contributed by atoms with Crippen molar-refractivity contribution in [3.05, 3.63) is 94.9 Å². The molecule has 0 saturated carbocycles. The second-order valence-corrected chi connectivity index (χ2v) is 9.95. The van der Waals surface area contributed by atoms with Gasteiger partial charge in [0.15, 0.2) is 11.6 Å². The van der Waals surface area contributed by atoms with Crippen molar-refractivity contribution in [3.63, 3.8) is 0 Å². The molecule has 1 aliphatic heterocycles. The highest BCUT2D eigenvalue weighted by Gasteiger charge is 2.40. The number of hydrogen-bond acceptors (Lipinski definition) is 4. The summed E-state index contributed by atoms with van der Waals surface area (Å²) < 4.78 is 41.7. The van der Waals surface area contributed by atoms with E-state index in [4.69, 9.17) is 14.6 Å². The molecule has 0 bridgehead atoms. The Morgan fingerprint density at radius 2 is 2.03 bits per heavy atom. The second-order valence-electron chi connectivity index (χ2n) is 9.95. The second kappa shape index (κ2) is 9.27. The normalized spacial score (nSPS) is 16.3. The van der Waals surface area contributed by atoms with Crippen molar-refractivity contribution in [3.8, 4) is 28.6 Å². The number of ether oxygens (including phenoxy) is 2. The van der Waals surface area contributed by atoms with E-state index in [2.05, 4.69) is 15.0 Å². The van der Waals surface area contributed by atoms with Crippen LogP contribution in [0.4, 0.5) is 8.78 Å². The van der Waals surface area contributed by atoms with Crippen LogP contribution in [0.3, 0.4) is 0 Å². The number of aryl methyl sites for hydroxylation is 2. The summed E-state index contributed by atoms with van der Waals surface area (Å²) in [6.45, 7) is 4.09. The Morgan fingerprint density at radius 3 is 2.85 bits per heavy atom. The Balaban J connectivity index is 1.32. The van der Waals surface area contributed by atoms with Crippen molar-refractivity contribution < 1.29 is 28.2 Å². The van der Waals surface area contributed by atoms with Gasteiger partial charge in [-0.3, -0.25) is 4.79 Å². The predicted molar refractivity (Wildman–Crippen MR) is 141 cm³/mol. The minimum absolute atomic E-state index is 0.00485. The van der Waals surface area contributed by atoms with Crippen LogP contribution in [0.1, 0.15) is 35.7 Å². The summed E-state index contributed by atoms with van der Waals surface area (Å²) in [4.78, 5) is 21.7. The largest absolute Gasteiger partial charge is 0.492 e.